The lowest BCUT2D eigenvalue weighted by Gasteiger charge is -2.46. The van der Waals surface area contributed by atoms with Gasteiger partial charge in [0.15, 0.2) is 5.82 Å². The summed E-state index contributed by atoms with van der Waals surface area (Å²) >= 11 is 4.77. The highest BCUT2D eigenvalue weighted by molar-refractivity contribution is 8.21. The maximum atomic E-state index is 13.7. The summed E-state index contributed by atoms with van der Waals surface area (Å²) in [5, 5.41) is 1.02. The van der Waals surface area contributed by atoms with E-state index in [2.05, 4.69) is 46.3 Å². The van der Waals surface area contributed by atoms with Crippen molar-refractivity contribution < 1.29 is 4.79 Å². The van der Waals surface area contributed by atoms with Gasteiger partial charge in [0.05, 0.1) is 10.8 Å². The Morgan fingerprint density at radius 3 is 2.49 bits per heavy atom. The third kappa shape index (κ3) is 5.13. The van der Waals surface area contributed by atoms with Crippen molar-refractivity contribution in [2.45, 2.75) is 43.5 Å². The van der Waals surface area contributed by atoms with Crippen molar-refractivity contribution in [2.75, 3.05) is 22.3 Å². The second kappa shape index (κ2) is 10.6. The summed E-state index contributed by atoms with van der Waals surface area (Å²) in [4.78, 5) is 29.6. The van der Waals surface area contributed by atoms with Crippen LogP contribution >= 0.6 is 53.0 Å². The molecular formula is C26H30ClN5OP2S2. The number of amides is 1. The molecule has 2 aliphatic rings. The van der Waals surface area contributed by atoms with Gasteiger partial charge in [-0.2, -0.15) is 0 Å². The molecule has 2 aromatic heterocycles. The van der Waals surface area contributed by atoms with E-state index in [1.54, 1.807) is 0 Å². The number of halogens is 1. The molecule has 2 fully saturated rings. The minimum Gasteiger partial charge on any atom is -0.354 e. The normalized spacial score (nSPS) is 21.1. The fourth-order valence-electron chi connectivity index (χ4n) is 5.20. The van der Waals surface area contributed by atoms with Crippen molar-refractivity contribution >= 4 is 75.7 Å². The van der Waals surface area contributed by atoms with E-state index in [1.807, 2.05) is 37.4 Å². The van der Waals surface area contributed by atoms with Crippen LogP contribution in [0.3, 0.4) is 0 Å². The van der Waals surface area contributed by atoms with Gasteiger partial charge < -0.3 is 4.90 Å². The first-order valence-corrected chi connectivity index (χ1v) is 15.4. The van der Waals surface area contributed by atoms with Crippen LogP contribution in [-0.4, -0.2) is 39.1 Å². The first kappa shape index (κ1) is 27.1. The van der Waals surface area contributed by atoms with Gasteiger partial charge in [0.2, 0.25) is 0 Å². The molecule has 3 heterocycles. The van der Waals surface area contributed by atoms with E-state index in [-0.39, 0.29) is 16.3 Å². The Bertz CT molecular complexity index is 1320. The number of anilines is 2. The Hall–Kier alpha value is -1.43. The minimum atomic E-state index is -0.317. The predicted molar refractivity (Wildman–Crippen MR) is 165 cm³/mol. The quantitative estimate of drug-likeness (QED) is 0.277. The summed E-state index contributed by atoms with van der Waals surface area (Å²) in [6, 6.07) is 10.0. The van der Waals surface area contributed by atoms with Crippen LogP contribution in [0.15, 0.2) is 48.9 Å². The molecule has 1 aliphatic carbocycles. The molecule has 1 spiro atoms. The number of aromatic nitrogens is 3. The van der Waals surface area contributed by atoms with Crippen molar-refractivity contribution in [3.8, 4) is 11.1 Å². The smallest absolute Gasteiger partial charge is 0.271 e. The molecule has 0 radical (unpaired) electrons. The van der Waals surface area contributed by atoms with E-state index in [4.69, 9.17) is 28.5 Å². The monoisotopic (exact) mass is 589 g/mol. The van der Waals surface area contributed by atoms with Crippen molar-refractivity contribution in [3.63, 3.8) is 0 Å². The van der Waals surface area contributed by atoms with Crippen molar-refractivity contribution in [2.24, 2.45) is 5.41 Å². The zero-order chi connectivity index (χ0) is 26.4. The van der Waals surface area contributed by atoms with Gasteiger partial charge in [0, 0.05) is 42.4 Å². The number of carbonyl (C=O) groups is 1. The second-order valence-corrected chi connectivity index (χ2v) is 13.9. The SMILES string of the molecule is CC(SCl)c1ncc(C(=O)N(S)c2c(-c3ccccc3P)ccnc2N2CCC3(CC3)C(C)(P)C2)cn1. The molecule has 11 heteroatoms. The maximum Gasteiger partial charge on any atom is 0.271 e. The van der Waals surface area contributed by atoms with Gasteiger partial charge in [0.25, 0.3) is 5.91 Å². The molecule has 1 amide bonds. The Morgan fingerprint density at radius 1 is 1.16 bits per heavy atom. The number of piperidine rings is 1. The van der Waals surface area contributed by atoms with E-state index in [9.17, 15) is 4.79 Å². The first-order valence-electron chi connectivity index (χ1n) is 12.2. The lowest BCUT2D eigenvalue weighted by Crippen LogP contribution is -2.50. The summed E-state index contributed by atoms with van der Waals surface area (Å²) in [5.74, 6) is 1.01. The molecular weight excluding hydrogens is 560 g/mol. The summed E-state index contributed by atoms with van der Waals surface area (Å²) in [5.41, 5.74) is 3.29. The third-order valence-corrected chi connectivity index (χ3v) is 10.7. The standard InChI is InChI=1S/C26H30ClN5OP2S2/c1-16(37-27)22-29-13-17(14-30-22)24(33)32(36)21-19(18-5-3-4-6-20(18)34)7-11-28-23(21)31-12-10-26(8-9-26)25(2,35)15-31/h3-7,11,13-14,16,36H,8-10,12,15,34-35H2,1-2H3. The predicted octanol–water partition coefficient (Wildman–Crippen LogP) is 6.10. The minimum absolute atomic E-state index is 0.0744. The van der Waals surface area contributed by atoms with E-state index in [0.717, 1.165) is 52.7 Å². The zero-order valence-corrected chi connectivity index (χ0v) is 25.5. The third-order valence-electron chi connectivity index (χ3n) is 7.72. The average molecular weight is 590 g/mol. The van der Waals surface area contributed by atoms with Crippen LogP contribution in [0.2, 0.25) is 0 Å². The van der Waals surface area contributed by atoms with Gasteiger partial charge >= 0.3 is 0 Å². The second-order valence-electron chi connectivity index (χ2n) is 10.2. The van der Waals surface area contributed by atoms with E-state index < -0.39 is 0 Å². The number of rotatable bonds is 6. The number of hydrogen-bond donors (Lipinski definition) is 1. The summed E-state index contributed by atoms with van der Waals surface area (Å²) in [6.45, 7) is 5.96. The van der Waals surface area contributed by atoms with E-state index in [0.29, 0.717) is 22.5 Å². The van der Waals surface area contributed by atoms with Crippen molar-refractivity contribution in [3.05, 3.63) is 60.3 Å². The van der Waals surface area contributed by atoms with Gasteiger partial charge in [-0.3, -0.25) is 4.79 Å². The maximum absolute atomic E-state index is 13.7. The van der Waals surface area contributed by atoms with Crippen LogP contribution in [-0.2, 0) is 0 Å². The van der Waals surface area contributed by atoms with Gasteiger partial charge in [-0.15, -0.1) is 18.5 Å². The molecule has 3 aromatic rings. The summed E-state index contributed by atoms with van der Waals surface area (Å²) in [6.07, 6.45) is 8.54. The van der Waals surface area contributed by atoms with Gasteiger partial charge in [-0.05, 0) is 70.2 Å². The molecule has 1 saturated carbocycles. The fourth-order valence-corrected chi connectivity index (χ4v) is 6.96. The highest BCUT2D eigenvalue weighted by atomic mass is 35.7. The molecule has 37 heavy (non-hydrogen) atoms. The van der Waals surface area contributed by atoms with Crippen LogP contribution in [0.1, 0.15) is 54.5 Å². The number of hydrogen-bond acceptors (Lipinski definition) is 7. The van der Waals surface area contributed by atoms with Crippen molar-refractivity contribution in [1.82, 2.24) is 15.0 Å². The molecule has 5 rings (SSSR count). The van der Waals surface area contributed by atoms with Gasteiger partial charge in [0.1, 0.15) is 11.5 Å². The van der Waals surface area contributed by atoms with Gasteiger partial charge in [-0.1, -0.05) is 44.0 Å². The molecule has 6 nitrogen and oxygen atoms in total. The van der Waals surface area contributed by atoms with Crippen LogP contribution < -0.4 is 14.5 Å². The largest absolute Gasteiger partial charge is 0.354 e. The highest BCUT2D eigenvalue weighted by Crippen LogP contribution is 2.62. The van der Waals surface area contributed by atoms with Crippen LogP contribution in [0.5, 0.6) is 0 Å². The molecule has 194 valence electrons. The topological polar surface area (TPSA) is 62.2 Å². The summed E-state index contributed by atoms with van der Waals surface area (Å²) < 4.78 is 1.40. The van der Waals surface area contributed by atoms with Crippen LogP contribution in [0, 0.1) is 5.41 Å². The highest BCUT2D eigenvalue weighted by Gasteiger charge is 2.57. The Morgan fingerprint density at radius 2 is 1.86 bits per heavy atom. The van der Waals surface area contributed by atoms with E-state index in [1.165, 1.54) is 29.5 Å². The number of benzene rings is 1. The first-order chi connectivity index (χ1) is 17.7. The number of thiol groups is 1. The molecule has 1 aromatic carbocycles. The molecule has 0 N–H and O–H groups in total. The number of pyridine rings is 1. The molecule has 1 aliphatic heterocycles. The molecule has 4 unspecified atom stereocenters. The zero-order valence-electron chi connectivity index (χ0n) is 20.8. The Kier molecular flexibility index (Phi) is 7.79. The molecule has 1 saturated heterocycles. The lowest BCUT2D eigenvalue weighted by atomic mass is 9.82. The van der Waals surface area contributed by atoms with Crippen LogP contribution in [0.4, 0.5) is 11.5 Å². The lowest BCUT2D eigenvalue weighted by molar-refractivity contribution is 0.101. The number of nitrogens with zero attached hydrogens (tertiary/aromatic N) is 5. The molecule has 4 atom stereocenters. The number of carbonyl (C=O) groups excluding carboxylic acids is 1. The Balaban J connectivity index is 1.57. The van der Waals surface area contributed by atoms with Crippen LogP contribution in [0.25, 0.3) is 11.1 Å². The van der Waals surface area contributed by atoms with Crippen molar-refractivity contribution in [1.29, 1.82) is 0 Å². The fraction of sp³-hybridized carbons (Fsp3) is 0.385. The molecule has 0 bridgehead atoms. The summed E-state index contributed by atoms with van der Waals surface area (Å²) in [7, 11) is 12.9. The van der Waals surface area contributed by atoms with E-state index >= 15 is 0 Å². The average Bonchev–Trinajstić information content (AvgIpc) is 3.70. The Labute approximate surface area is 237 Å². The van der Waals surface area contributed by atoms with Gasteiger partial charge in [-0.25, -0.2) is 19.3 Å².